The maximum Gasteiger partial charge on any atom is 0.253 e. The molecule has 7 heteroatoms. The van der Waals surface area contributed by atoms with Crippen LogP contribution in [0.25, 0.3) is 11.3 Å². The number of halogens is 2. The lowest BCUT2D eigenvalue weighted by molar-refractivity contribution is 0.0919. The summed E-state index contributed by atoms with van der Waals surface area (Å²) in [5, 5.41) is 8.34. The van der Waals surface area contributed by atoms with Crippen molar-refractivity contribution in [3.63, 3.8) is 0 Å². The van der Waals surface area contributed by atoms with E-state index < -0.39 is 0 Å². The molecule has 0 atom stereocenters. The second-order valence-electron chi connectivity index (χ2n) is 8.34. The van der Waals surface area contributed by atoms with Crippen molar-refractivity contribution in [1.82, 2.24) is 20.1 Å². The Kier molecular flexibility index (Phi) is 6.37. The Hall–Kier alpha value is -2.73. The number of hydrogen-bond acceptors (Lipinski definition) is 3. The van der Waals surface area contributed by atoms with E-state index in [4.69, 9.17) is 16.7 Å². The Morgan fingerprint density at radius 1 is 1.16 bits per heavy atom. The second kappa shape index (κ2) is 9.18. The molecule has 0 aliphatic heterocycles. The molecule has 1 aliphatic rings. The first-order valence-corrected chi connectivity index (χ1v) is 11.0. The van der Waals surface area contributed by atoms with Gasteiger partial charge >= 0.3 is 0 Å². The van der Waals surface area contributed by atoms with E-state index in [1.54, 1.807) is 24.4 Å². The number of benzene rings is 1. The van der Waals surface area contributed by atoms with Gasteiger partial charge in [0.2, 0.25) is 0 Å². The highest BCUT2D eigenvalue weighted by molar-refractivity contribution is 6.30. The van der Waals surface area contributed by atoms with Crippen molar-refractivity contribution in [3.05, 3.63) is 70.4 Å². The van der Waals surface area contributed by atoms with E-state index in [1.807, 2.05) is 24.6 Å². The molecule has 1 amide bonds. The fraction of sp³-hybridized carbons (Fsp3) is 0.375. The lowest BCUT2D eigenvalue weighted by Gasteiger charge is -2.29. The van der Waals surface area contributed by atoms with Crippen LogP contribution in [-0.2, 0) is 6.54 Å². The number of aromatic nitrogens is 3. The van der Waals surface area contributed by atoms with Crippen LogP contribution in [0.5, 0.6) is 0 Å². The predicted molar refractivity (Wildman–Crippen MR) is 120 cm³/mol. The molecule has 1 aliphatic carbocycles. The zero-order valence-corrected chi connectivity index (χ0v) is 18.5. The second-order valence-corrected chi connectivity index (χ2v) is 8.77. The molecular formula is C24H26ClFN4O. The zero-order valence-electron chi connectivity index (χ0n) is 17.7. The van der Waals surface area contributed by atoms with Crippen molar-refractivity contribution < 1.29 is 9.18 Å². The van der Waals surface area contributed by atoms with Gasteiger partial charge in [-0.25, -0.2) is 4.39 Å². The fourth-order valence-electron chi connectivity index (χ4n) is 4.19. The van der Waals surface area contributed by atoms with Gasteiger partial charge in [0.15, 0.2) is 0 Å². The lowest BCUT2D eigenvalue weighted by Crippen LogP contribution is -2.38. The molecule has 162 valence electrons. The van der Waals surface area contributed by atoms with E-state index in [0.717, 1.165) is 49.2 Å². The quantitative estimate of drug-likeness (QED) is 0.582. The van der Waals surface area contributed by atoms with Crippen LogP contribution in [0.15, 0.2) is 42.6 Å². The third-order valence-electron chi connectivity index (χ3n) is 6.03. The predicted octanol–water partition coefficient (Wildman–Crippen LogP) is 5.34. The third kappa shape index (κ3) is 5.13. The highest BCUT2D eigenvalue weighted by Crippen LogP contribution is 2.28. The fourth-order valence-corrected chi connectivity index (χ4v) is 4.35. The number of pyridine rings is 1. The number of aryl methyl sites for hydroxylation is 2. The average Bonchev–Trinajstić information content (AvgIpc) is 3.12. The van der Waals surface area contributed by atoms with Gasteiger partial charge in [-0.05, 0) is 81.8 Å². The summed E-state index contributed by atoms with van der Waals surface area (Å²) in [6, 6.07) is 10.3. The van der Waals surface area contributed by atoms with E-state index in [2.05, 4.69) is 10.3 Å². The Bertz CT molecular complexity index is 1070. The van der Waals surface area contributed by atoms with Gasteiger partial charge in [-0.15, -0.1) is 0 Å². The minimum Gasteiger partial charge on any atom is -0.349 e. The van der Waals surface area contributed by atoms with Crippen molar-refractivity contribution in [2.75, 3.05) is 0 Å². The van der Waals surface area contributed by atoms with Gasteiger partial charge in [-0.1, -0.05) is 11.6 Å². The molecule has 31 heavy (non-hydrogen) atoms. The Labute approximate surface area is 186 Å². The van der Waals surface area contributed by atoms with E-state index >= 15 is 0 Å². The van der Waals surface area contributed by atoms with Crippen LogP contribution in [0.3, 0.4) is 0 Å². The maximum atomic E-state index is 13.2. The molecule has 0 spiro atoms. The molecule has 5 nitrogen and oxygen atoms in total. The average molecular weight is 441 g/mol. The number of amides is 1. The first-order chi connectivity index (χ1) is 14.9. The van der Waals surface area contributed by atoms with Gasteiger partial charge in [0.1, 0.15) is 5.82 Å². The summed E-state index contributed by atoms with van der Waals surface area (Å²) in [4.78, 5) is 16.8. The van der Waals surface area contributed by atoms with Crippen LogP contribution in [0, 0.1) is 25.6 Å². The minimum absolute atomic E-state index is 0.109. The zero-order chi connectivity index (χ0) is 22.0. The van der Waals surface area contributed by atoms with Gasteiger partial charge in [0.05, 0.1) is 22.0 Å². The van der Waals surface area contributed by atoms with Crippen LogP contribution in [0.1, 0.15) is 47.4 Å². The molecule has 0 radical (unpaired) electrons. The first-order valence-electron chi connectivity index (χ1n) is 10.6. The van der Waals surface area contributed by atoms with Gasteiger partial charge in [-0.3, -0.25) is 14.5 Å². The number of nitrogens with zero attached hydrogens (tertiary/aromatic N) is 3. The molecule has 1 fully saturated rings. The third-order valence-corrected chi connectivity index (χ3v) is 6.24. The minimum atomic E-state index is -0.245. The normalized spacial score (nSPS) is 18.7. The Morgan fingerprint density at radius 2 is 1.87 bits per heavy atom. The molecule has 4 rings (SSSR count). The van der Waals surface area contributed by atoms with Crippen molar-refractivity contribution >= 4 is 17.5 Å². The molecule has 1 aromatic carbocycles. The largest absolute Gasteiger partial charge is 0.349 e. The number of nitrogens with one attached hydrogen (secondary N) is 1. The summed E-state index contributed by atoms with van der Waals surface area (Å²) >= 11 is 5.99. The van der Waals surface area contributed by atoms with Crippen LogP contribution in [-0.4, -0.2) is 26.7 Å². The van der Waals surface area contributed by atoms with Gasteiger partial charge in [0, 0.05) is 30.0 Å². The molecule has 3 aromatic rings. The summed E-state index contributed by atoms with van der Waals surface area (Å²) in [5.74, 6) is 0.163. The van der Waals surface area contributed by atoms with Crippen LogP contribution in [0.2, 0.25) is 5.02 Å². The van der Waals surface area contributed by atoms with Gasteiger partial charge < -0.3 is 5.32 Å². The van der Waals surface area contributed by atoms with Crippen molar-refractivity contribution in [3.8, 4) is 11.3 Å². The first kappa shape index (κ1) is 21.5. The monoisotopic (exact) mass is 440 g/mol. The van der Waals surface area contributed by atoms with E-state index in [9.17, 15) is 9.18 Å². The summed E-state index contributed by atoms with van der Waals surface area (Å²) in [5.41, 5.74) is 4.10. The van der Waals surface area contributed by atoms with Crippen molar-refractivity contribution in [1.29, 1.82) is 0 Å². The van der Waals surface area contributed by atoms with Crippen LogP contribution < -0.4 is 5.32 Å². The Morgan fingerprint density at radius 3 is 2.58 bits per heavy atom. The highest BCUT2D eigenvalue weighted by Gasteiger charge is 2.24. The summed E-state index contributed by atoms with van der Waals surface area (Å²) in [6.07, 6.45) is 5.49. The van der Waals surface area contributed by atoms with E-state index in [1.165, 1.54) is 12.1 Å². The standard InChI is InChI=1S/C24H26ClFN4O/c1-15-11-23(18-5-7-20(26)8-6-18)29-30(15)14-17-3-9-21(10-4-17)28-24(31)22-12-19(25)13-27-16(22)2/h5-8,11-13,17,21H,3-4,9-10,14H2,1-2H3,(H,28,31)/t17-,21+. The van der Waals surface area contributed by atoms with Gasteiger partial charge in [-0.2, -0.15) is 5.10 Å². The topological polar surface area (TPSA) is 59.8 Å². The van der Waals surface area contributed by atoms with Crippen molar-refractivity contribution in [2.45, 2.75) is 52.1 Å². The molecule has 0 saturated heterocycles. The highest BCUT2D eigenvalue weighted by atomic mass is 35.5. The van der Waals surface area contributed by atoms with Crippen molar-refractivity contribution in [2.24, 2.45) is 5.92 Å². The summed E-state index contributed by atoms with van der Waals surface area (Å²) in [6.45, 7) is 4.72. The van der Waals surface area contributed by atoms with Gasteiger partial charge in [0.25, 0.3) is 5.91 Å². The smallest absolute Gasteiger partial charge is 0.253 e. The van der Waals surface area contributed by atoms with Crippen LogP contribution in [0.4, 0.5) is 4.39 Å². The molecular weight excluding hydrogens is 415 g/mol. The lowest BCUT2D eigenvalue weighted by atomic mass is 9.86. The number of carbonyl (C=O) groups is 1. The number of carbonyl (C=O) groups excluding carboxylic acids is 1. The molecule has 2 heterocycles. The molecule has 2 aromatic heterocycles. The summed E-state index contributed by atoms with van der Waals surface area (Å²) < 4.78 is 15.2. The number of rotatable bonds is 5. The maximum absolute atomic E-state index is 13.2. The Balaban J connectivity index is 1.33. The van der Waals surface area contributed by atoms with E-state index in [-0.39, 0.29) is 17.8 Å². The molecule has 1 saturated carbocycles. The van der Waals surface area contributed by atoms with E-state index in [0.29, 0.717) is 22.2 Å². The summed E-state index contributed by atoms with van der Waals surface area (Å²) in [7, 11) is 0. The SMILES string of the molecule is Cc1ncc(Cl)cc1C(=O)N[C@H]1CC[C@@H](Cn2nc(-c3ccc(F)cc3)cc2C)CC1. The molecule has 0 bridgehead atoms. The van der Waals surface area contributed by atoms with Crippen LogP contribution >= 0.6 is 11.6 Å². The molecule has 0 unspecified atom stereocenters. The molecule has 1 N–H and O–H groups in total. The number of hydrogen-bond donors (Lipinski definition) is 1.